The van der Waals surface area contributed by atoms with Crippen molar-refractivity contribution < 1.29 is 18.9 Å². The Morgan fingerprint density at radius 3 is 2.71 bits per heavy atom. The molecule has 0 unspecified atom stereocenters. The summed E-state index contributed by atoms with van der Waals surface area (Å²) in [6, 6.07) is 15.1. The molecule has 0 atom stereocenters. The molecule has 4 aromatic rings. The maximum Gasteiger partial charge on any atom is 0.293 e. The number of carbonyl (C=O) groups excluding carboxylic acids is 1. The molecular formula is C26H22ClN5O5S. The molecule has 1 aliphatic rings. The quantitative estimate of drug-likeness (QED) is 0.192. The lowest BCUT2D eigenvalue weighted by molar-refractivity contribution is -0.384. The molecule has 1 amide bonds. The molecule has 38 heavy (non-hydrogen) atoms. The summed E-state index contributed by atoms with van der Waals surface area (Å²) in [7, 11) is 0. The van der Waals surface area contributed by atoms with Gasteiger partial charge < -0.3 is 19.4 Å². The first kappa shape index (κ1) is 25.6. The molecule has 5 rings (SSSR count). The molecule has 10 nitrogen and oxygen atoms in total. The number of nitrogens with zero attached hydrogens (tertiary/aromatic N) is 3. The third kappa shape index (κ3) is 5.30. The Bertz CT molecular complexity index is 1570. The monoisotopic (exact) mass is 551 g/mol. The minimum atomic E-state index is -0.566. The van der Waals surface area contributed by atoms with Crippen LogP contribution in [0.4, 0.5) is 17.1 Å². The predicted octanol–water partition coefficient (Wildman–Crippen LogP) is 5.33. The second-order valence-electron chi connectivity index (χ2n) is 8.58. The zero-order valence-electron chi connectivity index (χ0n) is 20.2. The number of nitro groups is 1. The molecule has 12 heteroatoms. The number of fused-ring (bicyclic) bond motifs is 1. The number of anilines is 2. The molecule has 0 bridgehead atoms. The third-order valence-electron chi connectivity index (χ3n) is 6.18. The largest absolute Gasteiger partial charge is 0.436 e. The molecule has 0 radical (unpaired) electrons. The maximum absolute atomic E-state index is 12.9. The highest BCUT2D eigenvalue weighted by atomic mass is 35.5. The number of rotatable bonds is 5. The van der Waals surface area contributed by atoms with Crippen molar-refractivity contribution in [2.45, 2.75) is 6.92 Å². The molecule has 3 aromatic carbocycles. The van der Waals surface area contributed by atoms with Gasteiger partial charge in [0.15, 0.2) is 10.7 Å². The number of aromatic nitrogens is 1. The van der Waals surface area contributed by atoms with Crippen LogP contribution in [0, 0.1) is 17.0 Å². The second-order valence-corrected chi connectivity index (χ2v) is 9.42. The van der Waals surface area contributed by atoms with Gasteiger partial charge in [-0.15, -0.1) is 0 Å². The molecule has 1 fully saturated rings. The van der Waals surface area contributed by atoms with Gasteiger partial charge in [-0.2, -0.15) is 0 Å². The molecule has 0 aliphatic carbocycles. The molecule has 1 aromatic heterocycles. The summed E-state index contributed by atoms with van der Waals surface area (Å²) in [6.07, 6.45) is 0. The summed E-state index contributed by atoms with van der Waals surface area (Å²) in [5.41, 5.74) is 3.85. The average molecular weight is 552 g/mol. The third-order valence-corrected chi connectivity index (χ3v) is 6.61. The fourth-order valence-corrected chi connectivity index (χ4v) is 4.60. The van der Waals surface area contributed by atoms with Gasteiger partial charge in [0.25, 0.3) is 11.6 Å². The van der Waals surface area contributed by atoms with E-state index in [2.05, 4.69) is 15.6 Å². The van der Waals surface area contributed by atoms with E-state index in [-0.39, 0.29) is 16.4 Å². The minimum Gasteiger partial charge on any atom is -0.436 e. The number of oxazole rings is 1. The van der Waals surface area contributed by atoms with Crippen molar-refractivity contribution in [1.82, 2.24) is 10.3 Å². The minimum absolute atomic E-state index is 0.0412. The molecule has 2 N–H and O–H groups in total. The van der Waals surface area contributed by atoms with Gasteiger partial charge in [-0.25, -0.2) is 4.98 Å². The van der Waals surface area contributed by atoms with E-state index >= 15 is 0 Å². The Labute approximate surface area is 227 Å². The van der Waals surface area contributed by atoms with Crippen LogP contribution in [-0.2, 0) is 4.74 Å². The Morgan fingerprint density at radius 1 is 1.16 bits per heavy atom. The molecule has 194 valence electrons. The molecular weight excluding hydrogens is 530 g/mol. The van der Waals surface area contributed by atoms with Crippen molar-refractivity contribution in [1.29, 1.82) is 0 Å². The number of hydrogen-bond donors (Lipinski definition) is 2. The van der Waals surface area contributed by atoms with Crippen molar-refractivity contribution in [2.75, 3.05) is 36.5 Å². The summed E-state index contributed by atoms with van der Waals surface area (Å²) in [6.45, 7) is 3.92. The highest BCUT2D eigenvalue weighted by molar-refractivity contribution is 7.80. The van der Waals surface area contributed by atoms with Crippen LogP contribution in [0.5, 0.6) is 0 Å². The number of nitrogens with one attached hydrogen (secondary N) is 2. The first-order valence-electron chi connectivity index (χ1n) is 11.7. The van der Waals surface area contributed by atoms with Crippen molar-refractivity contribution in [3.8, 4) is 11.5 Å². The van der Waals surface area contributed by atoms with Gasteiger partial charge in [0.2, 0.25) is 5.89 Å². The second kappa shape index (κ2) is 10.7. The molecule has 2 heterocycles. The van der Waals surface area contributed by atoms with E-state index in [1.165, 1.54) is 6.07 Å². The van der Waals surface area contributed by atoms with E-state index in [1.54, 1.807) is 36.4 Å². The lowest BCUT2D eigenvalue weighted by atomic mass is 10.1. The van der Waals surface area contributed by atoms with Crippen molar-refractivity contribution in [3.05, 3.63) is 80.9 Å². The first-order chi connectivity index (χ1) is 18.3. The van der Waals surface area contributed by atoms with E-state index in [9.17, 15) is 14.9 Å². The average Bonchev–Trinajstić information content (AvgIpc) is 3.33. The van der Waals surface area contributed by atoms with Gasteiger partial charge >= 0.3 is 0 Å². The van der Waals surface area contributed by atoms with Crippen LogP contribution in [0.25, 0.3) is 22.6 Å². The standard InChI is InChI=1S/C26H22ClN5O5S/c1-15-18(25-28-20-14-17(27)6-8-23(20)37-25)3-2-4-19(15)29-26(38)30-24(33)16-5-7-21(22(13-16)32(34)35)31-9-11-36-12-10-31/h2-8,13-14H,9-12H2,1H3,(H2,29,30,33,38). The SMILES string of the molecule is Cc1c(NC(=S)NC(=O)c2ccc(N3CCOCC3)c([N+](=O)[O-])c2)cccc1-c1nc2cc(Cl)ccc2o1. The fraction of sp³-hybridized carbons (Fsp3) is 0.192. The van der Waals surface area contributed by atoms with Crippen LogP contribution in [-0.4, -0.2) is 47.2 Å². The van der Waals surface area contributed by atoms with Gasteiger partial charge in [0.1, 0.15) is 11.2 Å². The number of amides is 1. The van der Waals surface area contributed by atoms with Crippen LogP contribution in [0.1, 0.15) is 15.9 Å². The molecule has 1 aliphatic heterocycles. The fourth-order valence-electron chi connectivity index (χ4n) is 4.23. The summed E-state index contributed by atoms with van der Waals surface area (Å²) in [5, 5.41) is 17.9. The number of benzene rings is 3. The predicted molar refractivity (Wildman–Crippen MR) is 149 cm³/mol. The van der Waals surface area contributed by atoms with E-state index in [4.69, 9.17) is 33.0 Å². The smallest absolute Gasteiger partial charge is 0.293 e. The van der Waals surface area contributed by atoms with E-state index < -0.39 is 10.8 Å². The van der Waals surface area contributed by atoms with Crippen LogP contribution in [0.2, 0.25) is 5.02 Å². The highest BCUT2D eigenvalue weighted by Crippen LogP contribution is 2.32. The lowest BCUT2D eigenvalue weighted by Gasteiger charge is -2.28. The van der Waals surface area contributed by atoms with E-state index in [0.717, 1.165) is 11.1 Å². The van der Waals surface area contributed by atoms with Gasteiger partial charge in [-0.05, 0) is 67.2 Å². The summed E-state index contributed by atoms with van der Waals surface area (Å²) >= 11 is 11.4. The Kier molecular flexibility index (Phi) is 7.23. The number of hydrogen-bond acceptors (Lipinski definition) is 8. The van der Waals surface area contributed by atoms with Gasteiger partial charge in [-0.1, -0.05) is 17.7 Å². The maximum atomic E-state index is 12.9. The first-order valence-corrected chi connectivity index (χ1v) is 12.5. The summed E-state index contributed by atoms with van der Waals surface area (Å²) in [5.74, 6) is -0.144. The Balaban J connectivity index is 1.32. The zero-order chi connectivity index (χ0) is 26.8. The topological polar surface area (TPSA) is 123 Å². The van der Waals surface area contributed by atoms with Gasteiger partial charge in [0.05, 0.1) is 18.1 Å². The van der Waals surface area contributed by atoms with Gasteiger partial charge in [0, 0.05) is 41.0 Å². The number of halogens is 1. The number of thiocarbonyl (C=S) groups is 1. The highest BCUT2D eigenvalue weighted by Gasteiger charge is 2.24. The van der Waals surface area contributed by atoms with E-state index in [0.29, 0.717) is 59.7 Å². The zero-order valence-corrected chi connectivity index (χ0v) is 21.8. The van der Waals surface area contributed by atoms with Crippen LogP contribution in [0.3, 0.4) is 0 Å². The molecule has 0 spiro atoms. The number of morpholine rings is 1. The van der Waals surface area contributed by atoms with Crippen LogP contribution >= 0.6 is 23.8 Å². The van der Waals surface area contributed by atoms with Crippen molar-refractivity contribution in [2.24, 2.45) is 0 Å². The van der Waals surface area contributed by atoms with Crippen LogP contribution < -0.4 is 15.5 Å². The Hall–Kier alpha value is -4.06. The lowest BCUT2D eigenvalue weighted by Crippen LogP contribution is -2.37. The number of ether oxygens (including phenoxy) is 1. The Morgan fingerprint density at radius 2 is 1.95 bits per heavy atom. The van der Waals surface area contributed by atoms with Crippen molar-refractivity contribution in [3.63, 3.8) is 0 Å². The molecule has 0 saturated carbocycles. The normalized spacial score (nSPS) is 13.4. The van der Waals surface area contributed by atoms with Crippen molar-refractivity contribution >= 4 is 63.0 Å². The summed E-state index contributed by atoms with van der Waals surface area (Å²) in [4.78, 5) is 30.5. The number of nitro benzene ring substituents is 1. The van der Waals surface area contributed by atoms with Gasteiger partial charge in [-0.3, -0.25) is 20.2 Å². The van der Waals surface area contributed by atoms with Crippen LogP contribution in [0.15, 0.2) is 59.0 Å². The van der Waals surface area contributed by atoms with E-state index in [1.807, 2.05) is 24.0 Å². The molecule has 1 saturated heterocycles. The summed E-state index contributed by atoms with van der Waals surface area (Å²) < 4.78 is 11.2. The number of carbonyl (C=O) groups is 1.